The van der Waals surface area contributed by atoms with Crippen LogP contribution >= 0.6 is 0 Å². The van der Waals surface area contributed by atoms with E-state index in [-0.39, 0.29) is 10.6 Å². The number of hydrogen-bond donors (Lipinski definition) is 1. The van der Waals surface area contributed by atoms with E-state index in [9.17, 15) is 13.0 Å². The third-order valence-electron chi connectivity index (χ3n) is 1.36. The first-order chi connectivity index (χ1) is 5.52. The Labute approximate surface area is 70.8 Å². The molecule has 1 aromatic carbocycles. The SMILES string of the molecule is CS(=O)c1cc(F)c(N)cc1F. The molecule has 0 bridgehead atoms. The molecule has 12 heavy (non-hydrogen) atoms. The highest BCUT2D eigenvalue weighted by molar-refractivity contribution is 7.84. The van der Waals surface area contributed by atoms with E-state index in [4.69, 9.17) is 5.73 Å². The minimum Gasteiger partial charge on any atom is -0.396 e. The summed E-state index contributed by atoms with van der Waals surface area (Å²) in [5.74, 6) is -1.49. The lowest BCUT2D eigenvalue weighted by molar-refractivity contribution is 0.576. The predicted octanol–water partition coefficient (Wildman–Crippen LogP) is 1.28. The van der Waals surface area contributed by atoms with Crippen LogP contribution in [-0.2, 0) is 10.8 Å². The summed E-state index contributed by atoms with van der Waals surface area (Å²) in [5, 5.41) is 0. The van der Waals surface area contributed by atoms with E-state index in [0.717, 1.165) is 12.1 Å². The highest BCUT2D eigenvalue weighted by Gasteiger charge is 2.09. The first kappa shape index (κ1) is 9.12. The van der Waals surface area contributed by atoms with Crippen molar-refractivity contribution < 1.29 is 13.0 Å². The van der Waals surface area contributed by atoms with Gasteiger partial charge in [-0.2, -0.15) is 0 Å². The molecule has 0 amide bonds. The van der Waals surface area contributed by atoms with Crippen LogP contribution in [0.4, 0.5) is 14.5 Å². The van der Waals surface area contributed by atoms with Crippen LogP contribution < -0.4 is 5.73 Å². The van der Waals surface area contributed by atoms with Gasteiger partial charge in [-0.15, -0.1) is 0 Å². The van der Waals surface area contributed by atoms with Gasteiger partial charge in [-0.25, -0.2) is 8.78 Å². The zero-order chi connectivity index (χ0) is 9.30. The van der Waals surface area contributed by atoms with Crippen molar-refractivity contribution in [3.8, 4) is 0 Å². The van der Waals surface area contributed by atoms with Crippen LogP contribution in [0.25, 0.3) is 0 Å². The second kappa shape index (κ2) is 3.18. The van der Waals surface area contributed by atoms with E-state index in [1.54, 1.807) is 0 Å². The van der Waals surface area contributed by atoms with Gasteiger partial charge in [-0.05, 0) is 6.07 Å². The molecule has 1 atom stereocenters. The smallest absolute Gasteiger partial charge is 0.147 e. The van der Waals surface area contributed by atoms with Crippen LogP contribution in [0.1, 0.15) is 0 Å². The minimum absolute atomic E-state index is 0.165. The van der Waals surface area contributed by atoms with Crippen LogP contribution in [0, 0.1) is 11.6 Å². The Morgan fingerprint density at radius 2 is 1.92 bits per heavy atom. The maximum Gasteiger partial charge on any atom is 0.147 e. The molecule has 0 radical (unpaired) electrons. The summed E-state index contributed by atoms with van der Waals surface area (Å²) in [7, 11) is -1.53. The number of halogens is 2. The van der Waals surface area contributed by atoms with Gasteiger partial charge in [-0.1, -0.05) is 0 Å². The molecule has 2 nitrogen and oxygen atoms in total. The molecule has 0 aliphatic carbocycles. The number of hydrogen-bond acceptors (Lipinski definition) is 2. The van der Waals surface area contributed by atoms with Crippen molar-refractivity contribution in [3.05, 3.63) is 23.8 Å². The topological polar surface area (TPSA) is 43.1 Å². The first-order valence-corrected chi connectivity index (χ1v) is 4.66. The Bertz CT molecular complexity index is 340. The molecule has 0 heterocycles. The van der Waals surface area contributed by atoms with Crippen LogP contribution in [0.15, 0.2) is 17.0 Å². The van der Waals surface area contributed by atoms with E-state index < -0.39 is 22.4 Å². The lowest BCUT2D eigenvalue weighted by Gasteiger charge is -2.01. The number of nitrogens with two attached hydrogens (primary N) is 1. The number of benzene rings is 1. The standard InChI is InChI=1S/C7H7F2NOS/c1-12(11)7-3-4(8)6(10)2-5(7)9/h2-3H,10H2,1H3. The fourth-order valence-electron chi connectivity index (χ4n) is 0.764. The average molecular weight is 191 g/mol. The van der Waals surface area contributed by atoms with Gasteiger partial charge in [0.05, 0.1) is 21.4 Å². The van der Waals surface area contributed by atoms with E-state index in [2.05, 4.69) is 0 Å². The van der Waals surface area contributed by atoms with Gasteiger partial charge in [0.25, 0.3) is 0 Å². The summed E-state index contributed by atoms with van der Waals surface area (Å²) in [4.78, 5) is -0.165. The van der Waals surface area contributed by atoms with Crippen LogP contribution in [0.5, 0.6) is 0 Å². The molecule has 0 spiro atoms. The highest BCUT2D eigenvalue weighted by atomic mass is 32.2. The second-order valence-corrected chi connectivity index (χ2v) is 3.61. The monoisotopic (exact) mass is 191 g/mol. The zero-order valence-corrected chi connectivity index (χ0v) is 7.12. The zero-order valence-electron chi connectivity index (χ0n) is 6.30. The minimum atomic E-state index is -1.53. The largest absolute Gasteiger partial charge is 0.396 e. The average Bonchev–Trinajstić information content (AvgIpc) is 1.96. The van der Waals surface area contributed by atoms with Crippen LogP contribution in [-0.4, -0.2) is 10.5 Å². The molecule has 0 saturated heterocycles. The quantitative estimate of drug-likeness (QED) is 0.679. The van der Waals surface area contributed by atoms with Crippen molar-refractivity contribution in [2.24, 2.45) is 0 Å². The van der Waals surface area contributed by atoms with Gasteiger partial charge in [0.2, 0.25) is 0 Å². The first-order valence-electron chi connectivity index (χ1n) is 3.10. The molecule has 66 valence electrons. The maximum atomic E-state index is 12.8. The molecule has 0 aromatic heterocycles. The summed E-state index contributed by atoms with van der Waals surface area (Å²) in [6.45, 7) is 0. The summed E-state index contributed by atoms with van der Waals surface area (Å²) in [6, 6.07) is 1.67. The van der Waals surface area contributed by atoms with Crippen molar-refractivity contribution in [2.75, 3.05) is 12.0 Å². The molecular formula is C7H7F2NOS. The maximum absolute atomic E-state index is 12.8. The molecule has 5 heteroatoms. The number of rotatable bonds is 1. The van der Waals surface area contributed by atoms with Gasteiger partial charge in [0.1, 0.15) is 11.6 Å². The van der Waals surface area contributed by atoms with Gasteiger partial charge in [0.15, 0.2) is 0 Å². The van der Waals surface area contributed by atoms with Crippen molar-refractivity contribution in [1.82, 2.24) is 0 Å². The Balaban J connectivity index is 3.33. The summed E-state index contributed by atoms with van der Waals surface area (Å²) in [5.41, 5.74) is 4.80. The Kier molecular flexibility index (Phi) is 2.42. The second-order valence-electron chi connectivity index (χ2n) is 2.26. The molecule has 0 saturated carbocycles. The van der Waals surface area contributed by atoms with Gasteiger partial charge in [-0.3, -0.25) is 4.21 Å². The van der Waals surface area contributed by atoms with E-state index in [1.807, 2.05) is 0 Å². The number of anilines is 1. The molecule has 0 aliphatic heterocycles. The molecule has 2 N–H and O–H groups in total. The van der Waals surface area contributed by atoms with Crippen LogP contribution in [0.3, 0.4) is 0 Å². The van der Waals surface area contributed by atoms with Crippen molar-refractivity contribution in [1.29, 1.82) is 0 Å². The molecule has 1 unspecified atom stereocenters. The van der Waals surface area contributed by atoms with Gasteiger partial charge < -0.3 is 5.73 Å². The summed E-state index contributed by atoms with van der Waals surface area (Å²) < 4.78 is 36.3. The predicted molar refractivity (Wildman–Crippen MR) is 43.1 cm³/mol. The van der Waals surface area contributed by atoms with Crippen LogP contribution in [0.2, 0.25) is 0 Å². The Morgan fingerprint density at radius 1 is 1.33 bits per heavy atom. The van der Waals surface area contributed by atoms with Gasteiger partial charge in [0, 0.05) is 12.3 Å². The molecule has 0 aliphatic rings. The Hall–Kier alpha value is -0.970. The molecule has 1 aromatic rings. The van der Waals surface area contributed by atoms with E-state index in [0.29, 0.717) is 0 Å². The summed E-state index contributed by atoms with van der Waals surface area (Å²) in [6.07, 6.45) is 1.27. The van der Waals surface area contributed by atoms with Crippen molar-refractivity contribution in [3.63, 3.8) is 0 Å². The lowest BCUT2D eigenvalue weighted by Crippen LogP contribution is -1.98. The fraction of sp³-hybridized carbons (Fsp3) is 0.143. The normalized spacial score (nSPS) is 12.9. The highest BCUT2D eigenvalue weighted by Crippen LogP contribution is 2.18. The van der Waals surface area contributed by atoms with Crippen molar-refractivity contribution in [2.45, 2.75) is 4.90 Å². The Morgan fingerprint density at radius 3 is 2.42 bits per heavy atom. The summed E-state index contributed by atoms with van der Waals surface area (Å²) >= 11 is 0. The third-order valence-corrected chi connectivity index (χ3v) is 2.29. The van der Waals surface area contributed by atoms with Gasteiger partial charge >= 0.3 is 0 Å². The fourth-order valence-corrected chi connectivity index (χ4v) is 1.37. The third kappa shape index (κ3) is 1.61. The van der Waals surface area contributed by atoms with E-state index in [1.165, 1.54) is 6.26 Å². The number of nitrogen functional groups attached to an aromatic ring is 1. The van der Waals surface area contributed by atoms with Crippen molar-refractivity contribution >= 4 is 16.5 Å². The lowest BCUT2D eigenvalue weighted by atomic mass is 10.3. The molecular weight excluding hydrogens is 184 g/mol. The van der Waals surface area contributed by atoms with E-state index >= 15 is 0 Å². The molecule has 1 rings (SSSR count). The molecule has 0 fully saturated rings.